The van der Waals surface area contributed by atoms with Crippen molar-refractivity contribution < 1.29 is 33.1 Å². The summed E-state index contributed by atoms with van der Waals surface area (Å²) in [5, 5.41) is 11.1. The maximum atomic E-state index is 13.3. The van der Waals surface area contributed by atoms with E-state index in [1.54, 1.807) is 12.1 Å². The molecule has 1 fully saturated rings. The Morgan fingerprint density at radius 1 is 1.22 bits per heavy atom. The number of phosphoric acid groups is 1. The van der Waals surface area contributed by atoms with Gasteiger partial charge in [-0.25, -0.2) is 4.79 Å². The van der Waals surface area contributed by atoms with Crippen molar-refractivity contribution in [2.24, 2.45) is 5.92 Å². The van der Waals surface area contributed by atoms with E-state index < -0.39 is 19.4 Å². The molecule has 2 aliphatic carbocycles. The van der Waals surface area contributed by atoms with Crippen molar-refractivity contribution in [1.29, 1.82) is 0 Å². The van der Waals surface area contributed by atoms with Crippen LogP contribution in [-0.4, -0.2) is 23.3 Å². The van der Waals surface area contributed by atoms with Crippen LogP contribution in [0.2, 0.25) is 0 Å². The van der Waals surface area contributed by atoms with Crippen LogP contribution in [0.25, 0.3) is 0 Å². The van der Waals surface area contributed by atoms with Gasteiger partial charge in [0.2, 0.25) is 0 Å². The van der Waals surface area contributed by atoms with Crippen molar-refractivity contribution in [3.05, 3.63) is 47.1 Å². The summed E-state index contributed by atoms with van der Waals surface area (Å²) in [7, 11) is -4.68. The molecular formula is C29H42O7P-. The van der Waals surface area contributed by atoms with Gasteiger partial charge in [0, 0.05) is 11.5 Å². The highest BCUT2D eigenvalue weighted by Crippen LogP contribution is 2.54. The number of aryl methyl sites for hydroxylation is 1. The van der Waals surface area contributed by atoms with Crippen LogP contribution in [0.5, 0.6) is 11.5 Å². The van der Waals surface area contributed by atoms with Crippen molar-refractivity contribution in [2.45, 2.75) is 103 Å². The quantitative estimate of drug-likeness (QED) is 0.0913. The first-order chi connectivity index (χ1) is 17.5. The second-order valence-corrected chi connectivity index (χ2v) is 12.0. The molecule has 0 saturated heterocycles. The number of esters is 1. The van der Waals surface area contributed by atoms with Crippen molar-refractivity contribution in [2.75, 3.05) is 6.61 Å². The predicted octanol–water partition coefficient (Wildman–Crippen LogP) is 6.88. The van der Waals surface area contributed by atoms with E-state index in [0.29, 0.717) is 18.4 Å². The third-order valence-electron chi connectivity index (χ3n) is 7.24. The van der Waals surface area contributed by atoms with Crippen LogP contribution in [0.4, 0.5) is 0 Å². The molecule has 0 amide bonds. The molecule has 0 aliphatic heterocycles. The fourth-order valence-electron chi connectivity index (χ4n) is 5.01. The van der Waals surface area contributed by atoms with Crippen LogP contribution in [0.3, 0.4) is 0 Å². The molecule has 206 valence electrons. The highest BCUT2D eigenvalue weighted by atomic mass is 31.2. The lowest BCUT2D eigenvalue weighted by atomic mass is 9.73. The summed E-state index contributed by atoms with van der Waals surface area (Å²) in [6, 6.07) is 3.51. The Labute approximate surface area is 221 Å². The summed E-state index contributed by atoms with van der Waals surface area (Å²) in [4.78, 5) is 25.8. The number of aromatic hydroxyl groups is 1. The second kappa shape index (κ2) is 12.8. The molecule has 3 atom stereocenters. The van der Waals surface area contributed by atoms with Crippen molar-refractivity contribution in [3.8, 4) is 11.5 Å². The summed E-state index contributed by atoms with van der Waals surface area (Å²) < 4.78 is 28.6. The number of allylic oxidation sites excluding steroid dienone is 3. The first kappa shape index (κ1) is 29.6. The van der Waals surface area contributed by atoms with Gasteiger partial charge in [0.1, 0.15) is 11.5 Å². The lowest BCUT2D eigenvalue weighted by Gasteiger charge is -2.32. The molecule has 1 saturated carbocycles. The van der Waals surface area contributed by atoms with E-state index in [1.165, 1.54) is 5.57 Å². The highest BCUT2D eigenvalue weighted by Gasteiger charge is 2.56. The standard InChI is InChI=1S/C29H43O7P/c1-6-8-9-10-16-34-37(32,33)36-29(14-15-29)28(31)35-26-19-22(11-7-2)18-25(30)27(26)24-17-21(5)12-13-23(24)20(3)4/h17-19,23-24,30H,3,6-16H2,1-2,4-5H3,(H,32,33)/p-1/t23-,24+/m0/s1. The monoisotopic (exact) mass is 533 g/mol. The van der Waals surface area contributed by atoms with Crippen LogP contribution < -0.4 is 9.63 Å². The van der Waals surface area contributed by atoms with Crippen LogP contribution in [0.1, 0.15) is 103 Å². The molecule has 1 aromatic carbocycles. The van der Waals surface area contributed by atoms with Gasteiger partial charge in [-0.15, -0.1) is 0 Å². The van der Waals surface area contributed by atoms with E-state index in [0.717, 1.165) is 49.7 Å². The predicted molar refractivity (Wildman–Crippen MR) is 143 cm³/mol. The van der Waals surface area contributed by atoms with Gasteiger partial charge in [-0.1, -0.05) is 63.3 Å². The van der Waals surface area contributed by atoms with Gasteiger partial charge in [-0.2, -0.15) is 0 Å². The Hall–Kier alpha value is -1.92. The molecule has 0 heterocycles. The first-order valence-corrected chi connectivity index (χ1v) is 15.0. The lowest BCUT2D eigenvalue weighted by molar-refractivity contribution is -0.232. The van der Waals surface area contributed by atoms with Gasteiger partial charge >= 0.3 is 5.97 Å². The molecule has 0 spiro atoms. The van der Waals surface area contributed by atoms with Gasteiger partial charge in [0.25, 0.3) is 7.82 Å². The zero-order valence-corrected chi connectivity index (χ0v) is 23.6. The highest BCUT2D eigenvalue weighted by molar-refractivity contribution is 7.46. The largest absolute Gasteiger partial charge is 0.756 e. The number of carbonyl (C=O) groups excluding carboxylic acids is 1. The minimum Gasteiger partial charge on any atom is -0.756 e. The van der Waals surface area contributed by atoms with E-state index in [1.807, 2.05) is 13.8 Å². The minimum atomic E-state index is -4.68. The van der Waals surface area contributed by atoms with Crippen molar-refractivity contribution in [1.82, 2.24) is 0 Å². The fraction of sp³-hybridized carbons (Fsp3) is 0.621. The summed E-state index contributed by atoms with van der Waals surface area (Å²) in [5.74, 6) is -0.606. The van der Waals surface area contributed by atoms with E-state index in [-0.39, 0.29) is 42.8 Å². The summed E-state index contributed by atoms with van der Waals surface area (Å²) in [6.07, 6.45) is 9.43. The van der Waals surface area contributed by atoms with E-state index in [2.05, 4.69) is 26.5 Å². The van der Waals surface area contributed by atoms with Gasteiger partial charge in [-0.05, 0) is 76.0 Å². The molecule has 2 aliphatic rings. The Morgan fingerprint density at radius 3 is 2.57 bits per heavy atom. The number of phenolic OH excluding ortho intramolecular Hbond substituents is 1. The minimum absolute atomic E-state index is 0.0264. The zero-order valence-electron chi connectivity index (χ0n) is 22.7. The van der Waals surface area contributed by atoms with Crippen molar-refractivity contribution >= 4 is 13.8 Å². The van der Waals surface area contributed by atoms with E-state index >= 15 is 0 Å². The molecule has 0 aromatic heterocycles. The molecular weight excluding hydrogens is 491 g/mol. The Morgan fingerprint density at radius 2 is 1.95 bits per heavy atom. The maximum absolute atomic E-state index is 13.3. The molecule has 1 unspecified atom stereocenters. The number of rotatable bonds is 14. The molecule has 0 bridgehead atoms. The smallest absolute Gasteiger partial charge is 0.344 e. The zero-order chi connectivity index (χ0) is 27.2. The maximum Gasteiger partial charge on any atom is 0.344 e. The van der Waals surface area contributed by atoms with Gasteiger partial charge in [0.05, 0.1) is 6.61 Å². The molecule has 1 aromatic rings. The van der Waals surface area contributed by atoms with Crippen LogP contribution in [-0.2, 0) is 24.8 Å². The number of phenols is 1. The molecule has 0 radical (unpaired) electrons. The van der Waals surface area contributed by atoms with E-state index in [4.69, 9.17) is 13.8 Å². The van der Waals surface area contributed by atoms with Crippen LogP contribution in [0.15, 0.2) is 35.9 Å². The SMILES string of the molecule is C=C(C)[C@@H]1CCC(C)=C[C@H]1c1c(O)cc(CCC)cc1OC(=O)C1(OP(=O)([O-])OCCCCCC)CC1. The first-order valence-electron chi connectivity index (χ1n) is 13.6. The number of hydrogen-bond acceptors (Lipinski definition) is 7. The van der Waals surface area contributed by atoms with E-state index in [9.17, 15) is 19.4 Å². The molecule has 8 heteroatoms. The Kier molecular flexibility index (Phi) is 10.2. The summed E-state index contributed by atoms with van der Waals surface area (Å²) in [6.45, 7) is 12.3. The van der Waals surface area contributed by atoms with Gasteiger partial charge in [-0.3, -0.25) is 9.09 Å². The summed E-state index contributed by atoms with van der Waals surface area (Å²) in [5.41, 5.74) is 1.97. The molecule has 37 heavy (non-hydrogen) atoms. The number of ether oxygens (including phenoxy) is 1. The number of benzene rings is 1. The normalized spacial score (nSPS) is 22.1. The number of carbonyl (C=O) groups is 1. The second-order valence-electron chi connectivity index (χ2n) is 10.6. The number of unbranched alkanes of at least 4 members (excludes halogenated alkanes) is 3. The Balaban J connectivity index is 1.85. The third kappa shape index (κ3) is 7.79. The molecule has 7 nitrogen and oxygen atoms in total. The summed E-state index contributed by atoms with van der Waals surface area (Å²) >= 11 is 0. The lowest BCUT2D eigenvalue weighted by Crippen LogP contribution is -2.32. The van der Waals surface area contributed by atoms with Crippen molar-refractivity contribution in [3.63, 3.8) is 0 Å². The topological polar surface area (TPSA) is 105 Å². The molecule has 1 N–H and O–H groups in total. The third-order valence-corrected chi connectivity index (χ3v) is 8.32. The Bertz CT molecular complexity index is 1060. The fourth-order valence-corrected chi connectivity index (χ4v) is 6.10. The van der Waals surface area contributed by atoms with Crippen LogP contribution in [0, 0.1) is 5.92 Å². The average molecular weight is 534 g/mol. The van der Waals surface area contributed by atoms with Gasteiger partial charge in [0.15, 0.2) is 5.60 Å². The van der Waals surface area contributed by atoms with Gasteiger partial charge < -0.3 is 19.3 Å². The number of hydrogen-bond donors (Lipinski definition) is 1. The average Bonchev–Trinajstić information content (AvgIpc) is 3.58. The number of phosphoric ester groups is 1. The van der Waals surface area contributed by atoms with Crippen LogP contribution >= 0.6 is 7.82 Å². The molecule has 3 rings (SSSR count).